The lowest BCUT2D eigenvalue weighted by molar-refractivity contribution is -0.136. The van der Waals surface area contributed by atoms with Crippen LogP contribution in [-0.4, -0.2) is 11.1 Å². The molecule has 0 unspecified atom stereocenters. The number of carboxylic acids is 1. The third-order valence-corrected chi connectivity index (χ3v) is 4.92. The predicted octanol–water partition coefficient (Wildman–Crippen LogP) is 4.90. The van der Waals surface area contributed by atoms with E-state index in [4.69, 9.17) is 20.0 Å². The Kier molecular flexibility index (Phi) is 5.50. The third-order valence-electron chi connectivity index (χ3n) is 4.92. The van der Waals surface area contributed by atoms with Gasteiger partial charge in [0.15, 0.2) is 0 Å². The van der Waals surface area contributed by atoms with Crippen LogP contribution in [0.2, 0.25) is 0 Å². The Balaban J connectivity index is 1.66. The fraction of sp³-hybridized carbons (Fsp3) is 0.125. The smallest absolute Gasteiger partial charge is 0.307 e. The molecule has 152 valence electrons. The average molecular weight is 405 g/mol. The van der Waals surface area contributed by atoms with Crippen molar-refractivity contribution < 1.29 is 23.4 Å². The number of halogens is 1. The van der Waals surface area contributed by atoms with Crippen LogP contribution in [0.3, 0.4) is 0 Å². The van der Waals surface area contributed by atoms with E-state index in [1.807, 2.05) is 36.4 Å². The van der Waals surface area contributed by atoms with E-state index in [-0.39, 0.29) is 18.6 Å². The van der Waals surface area contributed by atoms with Crippen molar-refractivity contribution in [3.63, 3.8) is 0 Å². The summed E-state index contributed by atoms with van der Waals surface area (Å²) in [6.07, 6.45) is -0.174. The molecule has 30 heavy (non-hydrogen) atoms. The van der Waals surface area contributed by atoms with Gasteiger partial charge in [-0.15, -0.1) is 0 Å². The average Bonchev–Trinajstić information content (AvgIpc) is 3.07. The molecule has 0 bridgehead atoms. The highest BCUT2D eigenvalue weighted by Gasteiger charge is 2.17. The molecule has 0 radical (unpaired) electrons. The van der Waals surface area contributed by atoms with E-state index in [1.165, 1.54) is 0 Å². The first kappa shape index (κ1) is 19.7. The standard InChI is InChI=1S/C24H20FNO4/c25-24-20(14-29-21-7-2-1-5-18(21)12-23(27)28)19-11-17(8-9-22(19)30-24)16-6-3-4-15(10-16)13-26/h1-11H,12-14,26H2,(H,27,28). The Morgan fingerprint density at radius 2 is 1.83 bits per heavy atom. The molecule has 5 nitrogen and oxygen atoms in total. The summed E-state index contributed by atoms with van der Waals surface area (Å²) in [7, 11) is 0. The van der Waals surface area contributed by atoms with E-state index in [2.05, 4.69) is 0 Å². The van der Waals surface area contributed by atoms with Crippen LogP contribution in [0.25, 0.3) is 22.1 Å². The van der Waals surface area contributed by atoms with Gasteiger partial charge in [0.05, 0.1) is 12.0 Å². The van der Waals surface area contributed by atoms with Crippen molar-refractivity contribution in [2.24, 2.45) is 5.73 Å². The number of ether oxygens (including phenoxy) is 1. The summed E-state index contributed by atoms with van der Waals surface area (Å²) < 4.78 is 25.5. The topological polar surface area (TPSA) is 85.7 Å². The van der Waals surface area contributed by atoms with E-state index < -0.39 is 12.0 Å². The zero-order valence-electron chi connectivity index (χ0n) is 16.1. The van der Waals surface area contributed by atoms with Gasteiger partial charge in [0, 0.05) is 17.5 Å². The van der Waals surface area contributed by atoms with E-state index in [9.17, 15) is 9.18 Å². The first-order chi connectivity index (χ1) is 14.5. The molecule has 3 N–H and O–H groups in total. The number of hydrogen-bond acceptors (Lipinski definition) is 4. The molecule has 0 aliphatic carbocycles. The van der Waals surface area contributed by atoms with Gasteiger partial charge < -0.3 is 20.0 Å². The van der Waals surface area contributed by atoms with Gasteiger partial charge in [-0.2, -0.15) is 4.39 Å². The van der Waals surface area contributed by atoms with Gasteiger partial charge in [-0.1, -0.05) is 42.5 Å². The number of hydrogen-bond donors (Lipinski definition) is 2. The number of carbonyl (C=O) groups is 1. The molecule has 0 aliphatic rings. The summed E-state index contributed by atoms with van der Waals surface area (Å²) in [5.41, 5.74) is 9.85. The molecule has 0 saturated heterocycles. The molecule has 0 fully saturated rings. The van der Waals surface area contributed by atoms with E-state index in [1.54, 1.807) is 30.3 Å². The van der Waals surface area contributed by atoms with Crippen LogP contribution >= 0.6 is 0 Å². The molecule has 1 aromatic heterocycles. The predicted molar refractivity (Wildman–Crippen MR) is 112 cm³/mol. The summed E-state index contributed by atoms with van der Waals surface area (Å²) in [6.45, 7) is 0.354. The summed E-state index contributed by atoms with van der Waals surface area (Å²) in [5.74, 6) is -0.559. The van der Waals surface area contributed by atoms with Crippen molar-refractivity contribution in [1.29, 1.82) is 0 Å². The minimum atomic E-state index is -0.963. The van der Waals surface area contributed by atoms with E-state index in [0.29, 0.717) is 28.8 Å². The molecular weight excluding hydrogens is 385 g/mol. The van der Waals surface area contributed by atoms with Gasteiger partial charge in [-0.25, -0.2) is 0 Å². The van der Waals surface area contributed by atoms with Crippen molar-refractivity contribution in [3.05, 3.63) is 89.4 Å². The number of rotatable bonds is 7. The molecule has 1 heterocycles. The van der Waals surface area contributed by atoms with Crippen LogP contribution in [0.1, 0.15) is 16.7 Å². The van der Waals surface area contributed by atoms with Crippen LogP contribution in [0, 0.1) is 6.01 Å². The fourth-order valence-corrected chi connectivity index (χ4v) is 3.41. The number of para-hydroxylation sites is 1. The highest BCUT2D eigenvalue weighted by Crippen LogP contribution is 2.31. The molecule has 4 rings (SSSR count). The van der Waals surface area contributed by atoms with Crippen LogP contribution in [0.15, 0.2) is 71.1 Å². The van der Waals surface area contributed by atoms with Gasteiger partial charge >= 0.3 is 5.97 Å². The summed E-state index contributed by atoms with van der Waals surface area (Å²) in [4.78, 5) is 11.1. The molecule has 0 aliphatic heterocycles. The molecule has 0 atom stereocenters. The highest BCUT2D eigenvalue weighted by molar-refractivity contribution is 5.86. The van der Waals surface area contributed by atoms with Crippen LogP contribution in [-0.2, 0) is 24.4 Å². The molecule has 0 amide bonds. The minimum Gasteiger partial charge on any atom is -0.488 e. The Labute approximate surface area is 172 Å². The second-order valence-electron chi connectivity index (χ2n) is 6.94. The summed E-state index contributed by atoms with van der Waals surface area (Å²) >= 11 is 0. The molecule has 4 aromatic rings. The zero-order chi connectivity index (χ0) is 21.1. The largest absolute Gasteiger partial charge is 0.488 e. The summed E-state index contributed by atoms with van der Waals surface area (Å²) in [6, 6.07) is 19.4. The maximum atomic E-state index is 14.5. The second-order valence-corrected chi connectivity index (χ2v) is 6.94. The summed E-state index contributed by atoms with van der Waals surface area (Å²) in [5, 5.41) is 9.68. The Bertz CT molecular complexity index is 1220. The van der Waals surface area contributed by atoms with Gasteiger partial charge in [0.1, 0.15) is 17.9 Å². The van der Waals surface area contributed by atoms with Crippen molar-refractivity contribution >= 4 is 16.9 Å². The zero-order valence-corrected chi connectivity index (χ0v) is 16.1. The number of carboxylic acid groups (broad SMARTS) is 1. The Morgan fingerprint density at radius 1 is 1.03 bits per heavy atom. The Hall–Kier alpha value is -3.64. The maximum Gasteiger partial charge on any atom is 0.307 e. The van der Waals surface area contributed by atoms with Crippen LogP contribution < -0.4 is 10.5 Å². The minimum absolute atomic E-state index is 0.0816. The fourth-order valence-electron chi connectivity index (χ4n) is 3.41. The molecule has 3 aromatic carbocycles. The first-order valence-electron chi connectivity index (χ1n) is 9.48. The van der Waals surface area contributed by atoms with E-state index >= 15 is 0 Å². The normalized spacial score (nSPS) is 11.0. The lowest BCUT2D eigenvalue weighted by Crippen LogP contribution is -2.04. The lowest BCUT2D eigenvalue weighted by atomic mass is 10.0. The third kappa shape index (κ3) is 4.04. The monoisotopic (exact) mass is 405 g/mol. The van der Waals surface area contributed by atoms with Gasteiger partial charge in [0.25, 0.3) is 6.01 Å². The van der Waals surface area contributed by atoms with Crippen molar-refractivity contribution in [1.82, 2.24) is 0 Å². The first-order valence-corrected chi connectivity index (χ1v) is 9.48. The quantitative estimate of drug-likeness (QED) is 0.457. The Morgan fingerprint density at radius 3 is 2.63 bits per heavy atom. The lowest BCUT2D eigenvalue weighted by Gasteiger charge is -2.10. The molecule has 6 heteroatoms. The van der Waals surface area contributed by atoms with Gasteiger partial charge in [0.2, 0.25) is 0 Å². The van der Waals surface area contributed by atoms with Crippen molar-refractivity contribution in [2.75, 3.05) is 0 Å². The SMILES string of the molecule is NCc1cccc(-c2ccc3oc(F)c(COc4ccccc4CC(=O)O)c3c2)c1. The van der Waals surface area contributed by atoms with Crippen LogP contribution in [0.4, 0.5) is 4.39 Å². The number of fused-ring (bicyclic) bond motifs is 1. The molecule has 0 spiro atoms. The number of aliphatic carboxylic acids is 1. The van der Waals surface area contributed by atoms with Gasteiger partial charge in [-0.3, -0.25) is 4.79 Å². The van der Waals surface area contributed by atoms with Gasteiger partial charge in [-0.05, 0) is 41.0 Å². The number of benzene rings is 3. The number of furan rings is 1. The van der Waals surface area contributed by atoms with Crippen molar-refractivity contribution in [2.45, 2.75) is 19.6 Å². The second kappa shape index (κ2) is 8.39. The molecular formula is C24H20FNO4. The number of nitrogens with two attached hydrogens (primary N) is 1. The van der Waals surface area contributed by atoms with E-state index in [0.717, 1.165) is 16.7 Å². The van der Waals surface area contributed by atoms with Crippen LogP contribution in [0.5, 0.6) is 5.75 Å². The molecule has 0 saturated carbocycles. The highest BCUT2D eigenvalue weighted by atomic mass is 19.1. The maximum absolute atomic E-state index is 14.5. The van der Waals surface area contributed by atoms with Crippen molar-refractivity contribution in [3.8, 4) is 16.9 Å².